The Morgan fingerprint density at radius 1 is 1.24 bits per heavy atom. The molecule has 0 amide bonds. The number of nitrogens with zero attached hydrogens (tertiary/aromatic N) is 1. The molecule has 1 atom stereocenters. The first-order chi connectivity index (χ1) is 10.2. The van der Waals surface area contributed by atoms with E-state index in [0.717, 1.165) is 18.5 Å². The van der Waals surface area contributed by atoms with Gasteiger partial charge in [-0.15, -0.1) is 0 Å². The lowest BCUT2D eigenvalue weighted by Crippen LogP contribution is -2.20. The van der Waals surface area contributed by atoms with Crippen molar-refractivity contribution in [2.24, 2.45) is 10.9 Å². The first-order valence-corrected chi connectivity index (χ1v) is 7.75. The Bertz CT molecular complexity index is 531. The predicted octanol–water partition coefficient (Wildman–Crippen LogP) is 4.76. The van der Waals surface area contributed by atoms with E-state index in [2.05, 4.69) is 11.9 Å². The number of Topliss-reactive ketones (excluding diaryl/α,β-unsaturated/α-hetero) is 1. The molecule has 0 aromatic heterocycles. The van der Waals surface area contributed by atoms with Crippen LogP contribution in [0.1, 0.15) is 45.4 Å². The second-order valence-electron chi connectivity index (χ2n) is 5.65. The minimum atomic E-state index is 0.0138. The monoisotopic (exact) mass is 285 g/mol. The van der Waals surface area contributed by atoms with Crippen molar-refractivity contribution in [3.8, 4) is 0 Å². The van der Waals surface area contributed by atoms with E-state index < -0.39 is 0 Å². The van der Waals surface area contributed by atoms with Gasteiger partial charge in [0.1, 0.15) is 5.76 Å². The quantitative estimate of drug-likeness (QED) is 0.605. The average Bonchev–Trinajstić information content (AvgIpc) is 2.48. The Hall–Kier alpha value is -1.90. The van der Waals surface area contributed by atoms with E-state index in [-0.39, 0.29) is 17.5 Å². The van der Waals surface area contributed by atoms with Gasteiger partial charge in [0.2, 0.25) is 0 Å². The summed E-state index contributed by atoms with van der Waals surface area (Å²) in [5.74, 6) is 0.505. The third-order valence-corrected chi connectivity index (χ3v) is 3.88. The van der Waals surface area contributed by atoms with Gasteiger partial charge in [0, 0.05) is 19.1 Å². The molecule has 1 aromatic carbocycles. The molecule has 0 aliphatic heterocycles. The van der Waals surface area contributed by atoms with Gasteiger partial charge in [-0.2, -0.15) is 0 Å². The van der Waals surface area contributed by atoms with Crippen LogP contribution in [0.2, 0.25) is 0 Å². The molecule has 1 aliphatic carbocycles. The van der Waals surface area contributed by atoms with Crippen molar-refractivity contribution in [1.82, 2.24) is 0 Å². The first kappa shape index (κ1) is 15.5. The van der Waals surface area contributed by atoms with E-state index in [9.17, 15) is 9.90 Å². The number of benzene rings is 1. The minimum Gasteiger partial charge on any atom is -0.511 e. The van der Waals surface area contributed by atoms with Crippen LogP contribution in [0.5, 0.6) is 0 Å². The van der Waals surface area contributed by atoms with Gasteiger partial charge in [0.05, 0.1) is 11.3 Å². The summed E-state index contributed by atoms with van der Waals surface area (Å²) < 4.78 is 0. The van der Waals surface area contributed by atoms with Crippen LogP contribution in [-0.4, -0.2) is 17.1 Å². The molecule has 112 valence electrons. The highest BCUT2D eigenvalue weighted by atomic mass is 16.3. The summed E-state index contributed by atoms with van der Waals surface area (Å²) in [6.07, 6.45) is 7.17. The Kier molecular flexibility index (Phi) is 5.73. The van der Waals surface area contributed by atoms with Gasteiger partial charge in [0.25, 0.3) is 0 Å². The molecule has 21 heavy (non-hydrogen) atoms. The van der Waals surface area contributed by atoms with Gasteiger partial charge < -0.3 is 5.11 Å². The molecule has 0 radical (unpaired) electrons. The highest BCUT2D eigenvalue weighted by Gasteiger charge is 2.26. The molecule has 0 spiro atoms. The van der Waals surface area contributed by atoms with Crippen LogP contribution in [-0.2, 0) is 4.79 Å². The molecular weight excluding hydrogens is 262 g/mol. The lowest BCUT2D eigenvalue weighted by Gasteiger charge is -2.21. The number of ketones is 1. The SMILES string of the molecule is CCCCCC1CC(=O)C(C=Nc2ccccc2)=C(O)C1. The zero-order valence-electron chi connectivity index (χ0n) is 12.6. The molecule has 0 saturated heterocycles. The number of unbranched alkanes of at least 4 members (excludes halogenated alkanes) is 2. The summed E-state index contributed by atoms with van der Waals surface area (Å²) in [6.45, 7) is 2.17. The van der Waals surface area contributed by atoms with Crippen molar-refractivity contribution >= 4 is 17.7 Å². The van der Waals surface area contributed by atoms with Crippen LogP contribution < -0.4 is 0 Å². The molecule has 3 nitrogen and oxygen atoms in total. The summed E-state index contributed by atoms with van der Waals surface area (Å²) >= 11 is 0. The average molecular weight is 285 g/mol. The molecule has 1 N–H and O–H groups in total. The summed E-state index contributed by atoms with van der Waals surface area (Å²) in [6, 6.07) is 9.45. The fraction of sp³-hybridized carbons (Fsp3) is 0.444. The molecule has 0 fully saturated rings. The zero-order chi connectivity index (χ0) is 15.1. The minimum absolute atomic E-state index is 0.0138. The smallest absolute Gasteiger partial charge is 0.168 e. The third kappa shape index (κ3) is 4.55. The predicted molar refractivity (Wildman–Crippen MR) is 86.1 cm³/mol. The number of aliphatic imine (C=N–C) groups is 1. The number of para-hydroxylation sites is 1. The van der Waals surface area contributed by atoms with E-state index in [4.69, 9.17) is 0 Å². The number of rotatable bonds is 6. The third-order valence-electron chi connectivity index (χ3n) is 3.88. The van der Waals surface area contributed by atoms with Gasteiger partial charge in [-0.05, 0) is 24.5 Å². The van der Waals surface area contributed by atoms with Crippen molar-refractivity contribution in [2.75, 3.05) is 0 Å². The first-order valence-electron chi connectivity index (χ1n) is 7.75. The summed E-state index contributed by atoms with van der Waals surface area (Å²) in [7, 11) is 0. The van der Waals surface area contributed by atoms with Gasteiger partial charge in [-0.1, -0.05) is 44.4 Å². The molecule has 3 heteroatoms. The lowest BCUT2D eigenvalue weighted by atomic mass is 9.84. The van der Waals surface area contributed by atoms with Gasteiger partial charge in [-0.3, -0.25) is 9.79 Å². The summed E-state index contributed by atoms with van der Waals surface area (Å²) in [5.41, 5.74) is 1.17. The van der Waals surface area contributed by atoms with Crippen LogP contribution in [0.4, 0.5) is 5.69 Å². The Labute approximate surface area is 126 Å². The maximum absolute atomic E-state index is 12.2. The van der Waals surface area contributed by atoms with E-state index in [1.807, 2.05) is 30.3 Å². The number of hydrogen-bond donors (Lipinski definition) is 1. The van der Waals surface area contributed by atoms with Crippen molar-refractivity contribution in [1.29, 1.82) is 0 Å². The maximum atomic E-state index is 12.2. The van der Waals surface area contributed by atoms with E-state index in [1.165, 1.54) is 19.1 Å². The Balaban J connectivity index is 2.01. The van der Waals surface area contributed by atoms with Gasteiger partial charge >= 0.3 is 0 Å². The van der Waals surface area contributed by atoms with Crippen LogP contribution in [0.25, 0.3) is 0 Å². The molecule has 1 aliphatic rings. The lowest BCUT2D eigenvalue weighted by molar-refractivity contribution is -0.116. The van der Waals surface area contributed by atoms with Crippen molar-refractivity contribution < 1.29 is 9.90 Å². The zero-order valence-corrected chi connectivity index (χ0v) is 12.6. The van der Waals surface area contributed by atoms with Crippen molar-refractivity contribution in [3.63, 3.8) is 0 Å². The van der Waals surface area contributed by atoms with E-state index in [0.29, 0.717) is 18.4 Å². The second-order valence-corrected chi connectivity index (χ2v) is 5.65. The Morgan fingerprint density at radius 3 is 2.67 bits per heavy atom. The molecule has 0 saturated carbocycles. The van der Waals surface area contributed by atoms with Crippen molar-refractivity contribution in [3.05, 3.63) is 41.7 Å². The molecule has 1 aromatic rings. The number of aliphatic hydroxyl groups excluding tert-OH is 1. The van der Waals surface area contributed by atoms with Crippen LogP contribution in [0.15, 0.2) is 46.7 Å². The maximum Gasteiger partial charge on any atom is 0.168 e. The highest BCUT2D eigenvalue weighted by molar-refractivity contribution is 6.14. The molecule has 1 unspecified atom stereocenters. The van der Waals surface area contributed by atoms with Crippen molar-refractivity contribution in [2.45, 2.75) is 45.4 Å². The van der Waals surface area contributed by atoms with Crippen LogP contribution in [0, 0.1) is 5.92 Å². The number of aliphatic hydroxyl groups is 1. The standard InChI is InChI=1S/C18H23NO2/c1-2-3-5-8-14-11-17(20)16(18(21)12-14)13-19-15-9-6-4-7-10-15/h4,6-7,9-10,13-14,20H,2-3,5,8,11-12H2,1H3. The van der Waals surface area contributed by atoms with Crippen LogP contribution >= 0.6 is 0 Å². The fourth-order valence-electron chi connectivity index (χ4n) is 2.68. The second kappa shape index (κ2) is 7.77. The largest absolute Gasteiger partial charge is 0.511 e. The molecule has 2 rings (SSSR count). The highest BCUT2D eigenvalue weighted by Crippen LogP contribution is 2.29. The van der Waals surface area contributed by atoms with Crippen LogP contribution in [0.3, 0.4) is 0 Å². The number of carbonyl (C=O) groups is 1. The normalized spacial score (nSPS) is 19.5. The van der Waals surface area contributed by atoms with Gasteiger partial charge in [0.15, 0.2) is 5.78 Å². The number of carbonyl (C=O) groups excluding carboxylic acids is 1. The fourth-order valence-corrected chi connectivity index (χ4v) is 2.68. The number of hydrogen-bond acceptors (Lipinski definition) is 3. The molecule has 0 bridgehead atoms. The molecule has 0 heterocycles. The van der Waals surface area contributed by atoms with E-state index >= 15 is 0 Å². The van der Waals surface area contributed by atoms with E-state index in [1.54, 1.807) is 0 Å². The summed E-state index contributed by atoms with van der Waals surface area (Å²) in [4.78, 5) is 16.4. The molecular formula is C18H23NO2. The number of allylic oxidation sites excluding steroid dienone is 2. The topological polar surface area (TPSA) is 49.7 Å². The summed E-state index contributed by atoms with van der Waals surface area (Å²) in [5, 5.41) is 10.1. The Morgan fingerprint density at radius 2 is 2.00 bits per heavy atom. The van der Waals surface area contributed by atoms with Gasteiger partial charge in [-0.25, -0.2) is 0 Å².